The molecule has 0 heterocycles. The molecule has 0 spiro atoms. The smallest absolute Gasteiger partial charge is 0.221 e. The molecule has 2 N–H and O–H groups in total. The Morgan fingerprint density at radius 1 is 1.10 bits per heavy atom. The monoisotopic (exact) mass is 396 g/mol. The molecule has 1 aliphatic carbocycles. The van der Waals surface area contributed by atoms with Gasteiger partial charge < -0.3 is 20.1 Å². The van der Waals surface area contributed by atoms with Crippen LogP contribution in [0.5, 0.6) is 5.75 Å². The molecular formula is C24H32N2O3. The van der Waals surface area contributed by atoms with Crippen molar-refractivity contribution in [3.63, 3.8) is 0 Å². The van der Waals surface area contributed by atoms with E-state index in [-0.39, 0.29) is 12.5 Å². The van der Waals surface area contributed by atoms with Crippen LogP contribution >= 0.6 is 0 Å². The lowest BCUT2D eigenvalue weighted by atomic mass is 9.81. The zero-order valence-electron chi connectivity index (χ0n) is 17.4. The van der Waals surface area contributed by atoms with Crippen LogP contribution in [0.3, 0.4) is 0 Å². The molecule has 29 heavy (non-hydrogen) atoms. The van der Waals surface area contributed by atoms with Gasteiger partial charge in [0.05, 0.1) is 0 Å². The molecule has 1 aliphatic rings. The maximum atomic E-state index is 11.1. The van der Waals surface area contributed by atoms with Gasteiger partial charge in [0.15, 0.2) is 0 Å². The molecule has 0 bridgehead atoms. The number of anilines is 1. The molecule has 2 aromatic carbocycles. The van der Waals surface area contributed by atoms with Gasteiger partial charge in [-0.1, -0.05) is 30.3 Å². The maximum Gasteiger partial charge on any atom is 0.221 e. The van der Waals surface area contributed by atoms with Crippen LogP contribution in [0, 0.1) is 0 Å². The summed E-state index contributed by atoms with van der Waals surface area (Å²) in [6, 6.07) is 18.5. The van der Waals surface area contributed by atoms with E-state index < -0.39 is 6.10 Å². The number of nitrogens with zero attached hydrogens (tertiary/aromatic N) is 1. The number of hydrogen-bond donors (Lipinski definition) is 2. The number of likely N-dealkylation sites (N-methyl/N-ethyl adjacent to an activating group) is 1. The molecule has 2 aromatic rings. The molecule has 0 aromatic heterocycles. The first-order chi connectivity index (χ1) is 14.0. The molecule has 1 amide bonds. The van der Waals surface area contributed by atoms with E-state index in [2.05, 4.69) is 47.6 Å². The maximum absolute atomic E-state index is 11.1. The number of amides is 1. The van der Waals surface area contributed by atoms with Gasteiger partial charge in [0, 0.05) is 25.2 Å². The van der Waals surface area contributed by atoms with E-state index >= 15 is 0 Å². The largest absolute Gasteiger partial charge is 0.491 e. The Morgan fingerprint density at radius 2 is 1.76 bits per heavy atom. The lowest BCUT2D eigenvalue weighted by Crippen LogP contribution is -2.41. The topological polar surface area (TPSA) is 61.8 Å². The molecule has 1 atom stereocenters. The van der Waals surface area contributed by atoms with Crippen molar-refractivity contribution in [2.45, 2.75) is 50.7 Å². The first-order valence-electron chi connectivity index (χ1n) is 10.4. The lowest BCUT2D eigenvalue weighted by Gasteiger charge is -2.35. The SMILES string of the molecule is CC(=O)Nc1ccc(OCC(O)CN(C)C2CCC(c3ccccc3)CC2)cc1. The Morgan fingerprint density at radius 3 is 2.38 bits per heavy atom. The van der Waals surface area contributed by atoms with Crippen LogP contribution < -0.4 is 10.1 Å². The summed E-state index contributed by atoms with van der Waals surface area (Å²) >= 11 is 0. The van der Waals surface area contributed by atoms with Gasteiger partial charge in [0.1, 0.15) is 18.5 Å². The van der Waals surface area contributed by atoms with Crippen LogP contribution in [-0.2, 0) is 4.79 Å². The minimum atomic E-state index is -0.540. The Labute approximate surface area is 173 Å². The summed E-state index contributed by atoms with van der Waals surface area (Å²) in [6.45, 7) is 2.33. The van der Waals surface area contributed by atoms with E-state index in [4.69, 9.17) is 4.74 Å². The zero-order chi connectivity index (χ0) is 20.6. The molecule has 5 nitrogen and oxygen atoms in total. The molecule has 5 heteroatoms. The second-order valence-electron chi connectivity index (χ2n) is 8.03. The van der Waals surface area contributed by atoms with Crippen molar-refractivity contribution in [3.05, 3.63) is 60.2 Å². The fourth-order valence-electron chi connectivity index (χ4n) is 4.14. The third kappa shape index (κ3) is 6.58. The number of aliphatic hydroxyl groups excluding tert-OH is 1. The van der Waals surface area contributed by atoms with Gasteiger partial charge in [-0.15, -0.1) is 0 Å². The third-order valence-corrected chi connectivity index (χ3v) is 5.71. The highest BCUT2D eigenvalue weighted by Crippen LogP contribution is 2.34. The number of hydrogen-bond acceptors (Lipinski definition) is 4. The van der Waals surface area contributed by atoms with Crippen LogP contribution in [-0.4, -0.2) is 48.3 Å². The van der Waals surface area contributed by atoms with Crippen LogP contribution in [0.25, 0.3) is 0 Å². The number of rotatable bonds is 8. The van der Waals surface area contributed by atoms with E-state index in [1.165, 1.54) is 25.3 Å². The fourth-order valence-corrected chi connectivity index (χ4v) is 4.14. The lowest BCUT2D eigenvalue weighted by molar-refractivity contribution is -0.114. The summed E-state index contributed by atoms with van der Waals surface area (Å²) in [5.74, 6) is 1.24. The number of carbonyl (C=O) groups is 1. The third-order valence-electron chi connectivity index (χ3n) is 5.71. The number of nitrogens with one attached hydrogen (secondary N) is 1. The van der Waals surface area contributed by atoms with E-state index in [9.17, 15) is 9.90 Å². The molecule has 0 radical (unpaired) electrons. The molecule has 3 rings (SSSR count). The van der Waals surface area contributed by atoms with Crippen molar-refractivity contribution >= 4 is 11.6 Å². The second kappa shape index (κ2) is 10.4. The second-order valence-corrected chi connectivity index (χ2v) is 8.03. The van der Waals surface area contributed by atoms with Crippen molar-refractivity contribution in [2.75, 3.05) is 25.5 Å². The number of carbonyl (C=O) groups excluding carboxylic acids is 1. The van der Waals surface area contributed by atoms with E-state index in [1.807, 2.05) is 0 Å². The van der Waals surface area contributed by atoms with Gasteiger partial charge >= 0.3 is 0 Å². The molecular weight excluding hydrogens is 364 g/mol. The molecule has 0 saturated heterocycles. The van der Waals surface area contributed by atoms with Crippen molar-refractivity contribution < 1.29 is 14.6 Å². The van der Waals surface area contributed by atoms with Gasteiger partial charge in [-0.2, -0.15) is 0 Å². The van der Waals surface area contributed by atoms with Crippen molar-refractivity contribution in [1.29, 1.82) is 0 Å². The quantitative estimate of drug-likeness (QED) is 0.707. The average Bonchev–Trinajstić information content (AvgIpc) is 2.73. The van der Waals surface area contributed by atoms with Gasteiger partial charge in [0.25, 0.3) is 0 Å². The Bertz CT molecular complexity index is 755. The highest BCUT2D eigenvalue weighted by molar-refractivity contribution is 5.88. The summed E-state index contributed by atoms with van der Waals surface area (Å²) < 4.78 is 5.70. The Hall–Kier alpha value is -2.37. The summed E-state index contributed by atoms with van der Waals surface area (Å²) in [5, 5.41) is 13.1. The minimum absolute atomic E-state index is 0.102. The van der Waals surface area contributed by atoms with Crippen molar-refractivity contribution in [3.8, 4) is 5.75 Å². The summed E-state index contributed by atoms with van der Waals surface area (Å²) in [4.78, 5) is 13.3. The standard InChI is InChI=1S/C24H32N2O3/c1-18(27)25-21-10-14-24(15-11-21)29-17-23(28)16-26(2)22-12-8-20(9-13-22)19-6-4-3-5-7-19/h3-7,10-11,14-15,20,22-23,28H,8-9,12-13,16-17H2,1-2H3,(H,25,27). The first-order valence-corrected chi connectivity index (χ1v) is 10.4. The van der Waals surface area contributed by atoms with Crippen LogP contribution in [0.1, 0.15) is 44.1 Å². The van der Waals surface area contributed by atoms with Crippen molar-refractivity contribution in [1.82, 2.24) is 4.90 Å². The van der Waals surface area contributed by atoms with Gasteiger partial charge in [-0.25, -0.2) is 0 Å². The summed E-state index contributed by atoms with van der Waals surface area (Å²) in [6.07, 6.45) is 4.18. The zero-order valence-corrected chi connectivity index (χ0v) is 17.4. The summed E-state index contributed by atoms with van der Waals surface area (Å²) in [7, 11) is 2.10. The predicted octanol–water partition coefficient (Wildman–Crippen LogP) is 4.04. The van der Waals surface area contributed by atoms with E-state index in [0.717, 1.165) is 18.5 Å². The van der Waals surface area contributed by atoms with Crippen LogP contribution in [0.15, 0.2) is 54.6 Å². The van der Waals surface area contributed by atoms with Crippen molar-refractivity contribution in [2.24, 2.45) is 0 Å². The number of aliphatic hydroxyl groups is 1. The molecule has 1 unspecified atom stereocenters. The highest BCUT2D eigenvalue weighted by Gasteiger charge is 2.25. The Balaban J connectivity index is 1.39. The van der Waals surface area contributed by atoms with Crippen LogP contribution in [0.4, 0.5) is 5.69 Å². The normalized spacial score (nSPS) is 20.3. The highest BCUT2D eigenvalue weighted by atomic mass is 16.5. The fraction of sp³-hybridized carbons (Fsp3) is 0.458. The van der Waals surface area contributed by atoms with E-state index in [1.54, 1.807) is 24.3 Å². The minimum Gasteiger partial charge on any atom is -0.491 e. The molecule has 1 saturated carbocycles. The molecule has 0 aliphatic heterocycles. The van der Waals surface area contributed by atoms with Gasteiger partial charge in [-0.05, 0) is 68.5 Å². The predicted molar refractivity (Wildman–Crippen MR) is 116 cm³/mol. The first kappa shape index (κ1) is 21.3. The van der Waals surface area contributed by atoms with Crippen LogP contribution in [0.2, 0.25) is 0 Å². The molecule has 1 fully saturated rings. The average molecular weight is 397 g/mol. The Kier molecular flexibility index (Phi) is 7.67. The van der Waals surface area contributed by atoms with Gasteiger partial charge in [-0.3, -0.25) is 4.79 Å². The van der Waals surface area contributed by atoms with Gasteiger partial charge in [0.2, 0.25) is 5.91 Å². The summed E-state index contributed by atoms with van der Waals surface area (Å²) in [5.41, 5.74) is 2.18. The number of ether oxygens (including phenoxy) is 1. The number of benzene rings is 2. The van der Waals surface area contributed by atoms with E-state index in [0.29, 0.717) is 24.3 Å². The molecule has 156 valence electrons.